The molecule has 7 nitrogen and oxygen atoms in total. The third-order valence-corrected chi connectivity index (χ3v) is 9.96. The molecule has 4 rings (SSSR count). The van der Waals surface area contributed by atoms with Crippen molar-refractivity contribution in [3.05, 3.63) is 93.4 Å². The van der Waals surface area contributed by atoms with Gasteiger partial charge in [0.05, 0.1) is 15.6 Å². The number of halogens is 3. The Morgan fingerprint density at radius 1 is 0.905 bits per heavy atom. The van der Waals surface area contributed by atoms with E-state index in [-0.39, 0.29) is 34.1 Å². The first-order valence-electron chi connectivity index (χ1n) is 14.0. The predicted octanol–water partition coefficient (Wildman–Crippen LogP) is 7.10. The fourth-order valence-electron chi connectivity index (χ4n) is 5.17. The van der Waals surface area contributed by atoms with E-state index in [1.165, 1.54) is 35.2 Å². The number of amides is 2. The van der Waals surface area contributed by atoms with Crippen LogP contribution in [0.15, 0.2) is 77.7 Å². The molecule has 0 aromatic heterocycles. The molecular formula is C31H34Cl3N3O4S. The highest BCUT2D eigenvalue weighted by atomic mass is 35.5. The van der Waals surface area contributed by atoms with Crippen LogP contribution in [0.25, 0.3) is 0 Å². The number of hydrogen-bond acceptors (Lipinski definition) is 4. The van der Waals surface area contributed by atoms with Crippen LogP contribution in [0.1, 0.15) is 51.0 Å². The number of hydrogen-bond donors (Lipinski definition) is 1. The molecule has 0 spiro atoms. The summed E-state index contributed by atoms with van der Waals surface area (Å²) in [4.78, 5) is 29.2. The van der Waals surface area contributed by atoms with Crippen molar-refractivity contribution in [2.24, 2.45) is 0 Å². The average molecular weight is 651 g/mol. The lowest BCUT2D eigenvalue weighted by atomic mass is 9.95. The molecule has 2 amide bonds. The summed E-state index contributed by atoms with van der Waals surface area (Å²) in [7, 11) is -4.23. The Kier molecular flexibility index (Phi) is 11.2. The SMILES string of the molecule is CC[C@@H](C(=O)NC1CCCCC1)N(Cc1ccc(Cl)cc1)C(=O)CN(c1ccc(Cl)cc1Cl)S(=O)(=O)c1ccccc1. The molecule has 0 saturated heterocycles. The molecule has 1 fully saturated rings. The topological polar surface area (TPSA) is 86.8 Å². The first-order chi connectivity index (χ1) is 20.1. The van der Waals surface area contributed by atoms with Crippen LogP contribution in [0, 0.1) is 0 Å². The molecule has 0 aliphatic heterocycles. The van der Waals surface area contributed by atoms with Crippen molar-refractivity contribution in [2.75, 3.05) is 10.8 Å². The van der Waals surface area contributed by atoms with Gasteiger partial charge in [-0.3, -0.25) is 13.9 Å². The first kappa shape index (κ1) is 32.1. The summed E-state index contributed by atoms with van der Waals surface area (Å²) in [5.74, 6) is -0.810. The number of benzene rings is 3. The number of carbonyl (C=O) groups is 2. The van der Waals surface area contributed by atoms with E-state index in [1.54, 1.807) is 42.5 Å². The van der Waals surface area contributed by atoms with Crippen molar-refractivity contribution in [2.45, 2.75) is 69.0 Å². The number of nitrogens with zero attached hydrogens (tertiary/aromatic N) is 2. The van der Waals surface area contributed by atoms with Crippen LogP contribution < -0.4 is 9.62 Å². The molecule has 0 unspecified atom stereocenters. The van der Waals surface area contributed by atoms with E-state index in [4.69, 9.17) is 34.8 Å². The Bertz CT molecular complexity index is 1480. The van der Waals surface area contributed by atoms with E-state index in [9.17, 15) is 18.0 Å². The zero-order chi connectivity index (χ0) is 30.3. The quantitative estimate of drug-likeness (QED) is 0.240. The summed E-state index contributed by atoms with van der Waals surface area (Å²) < 4.78 is 28.8. The van der Waals surface area contributed by atoms with Gasteiger partial charge in [0.15, 0.2) is 0 Å². The molecule has 1 atom stereocenters. The Balaban J connectivity index is 1.72. The van der Waals surface area contributed by atoms with Gasteiger partial charge < -0.3 is 10.2 Å². The third-order valence-electron chi connectivity index (χ3n) is 7.39. The highest BCUT2D eigenvalue weighted by Crippen LogP contribution is 2.33. The van der Waals surface area contributed by atoms with Crippen molar-refractivity contribution >= 4 is 62.3 Å². The Morgan fingerprint density at radius 2 is 1.55 bits per heavy atom. The van der Waals surface area contributed by atoms with E-state index in [0.29, 0.717) is 16.5 Å². The Hall–Kier alpha value is -2.78. The number of nitrogens with one attached hydrogen (secondary N) is 1. The second-order valence-corrected chi connectivity index (χ2v) is 13.5. The summed E-state index contributed by atoms with van der Waals surface area (Å²) in [6.45, 7) is 1.33. The van der Waals surface area contributed by atoms with Gasteiger partial charge in [0.2, 0.25) is 11.8 Å². The van der Waals surface area contributed by atoms with Crippen LogP contribution >= 0.6 is 34.8 Å². The first-order valence-corrected chi connectivity index (χ1v) is 16.5. The number of sulfonamides is 1. The maximum absolute atomic E-state index is 14.2. The van der Waals surface area contributed by atoms with Crippen LogP contribution in [-0.2, 0) is 26.2 Å². The van der Waals surface area contributed by atoms with Crippen molar-refractivity contribution in [1.29, 1.82) is 0 Å². The van der Waals surface area contributed by atoms with Crippen LogP contribution in [0.3, 0.4) is 0 Å². The summed E-state index contributed by atoms with van der Waals surface area (Å²) >= 11 is 18.7. The molecule has 1 aliphatic carbocycles. The lowest BCUT2D eigenvalue weighted by molar-refractivity contribution is -0.140. The summed E-state index contributed by atoms with van der Waals surface area (Å²) in [6.07, 6.45) is 5.36. The summed E-state index contributed by atoms with van der Waals surface area (Å²) in [5.41, 5.74) is 0.850. The number of anilines is 1. The largest absolute Gasteiger partial charge is 0.352 e. The minimum atomic E-state index is -4.23. The van der Waals surface area contributed by atoms with Crippen LogP contribution in [0.2, 0.25) is 15.1 Å². The number of rotatable bonds is 11. The molecule has 3 aromatic rings. The molecule has 11 heteroatoms. The maximum Gasteiger partial charge on any atom is 0.264 e. The molecule has 1 N–H and O–H groups in total. The van der Waals surface area contributed by atoms with Gasteiger partial charge in [0.1, 0.15) is 12.6 Å². The smallest absolute Gasteiger partial charge is 0.264 e. The normalized spacial score (nSPS) is 14.7. The fraction of sp³-hybridized carbons (Fsp3) is 0.355. The zero-order valence-electron chi connectivity index (χ0n) is 23.3. The minimum absolute atomic E-state index is 0.00449. The molecule has 3 aromatic carbocycles. The molecule has 42 heavy (non-hydrogen) atoms. The van der Waals surface area contributed by atoms with E-state index >= 15 is 0 Å². The van der Waals surface area contributed by atoms with Crippen molar-refractivity contribution in [1.82, 2.24) is 10.2 Å². The monoisotopic (exact) mass is 649 g/mol. The van der Waals surface area contributed by atoms with E-state index in [0.717, 1.165) is 42.0 Å². The lowest BCUT2D eigenvalue weighted by Gasteiger charge is -2.34. The predicted molar refractivity (Wildman–Crippen MR) is 169 cm³/mol. The van der Waals surface area contributed by atoms with E-state index in [1.807, 2.05) is 6.92 Å². The van der Waals surface area contributed by atoms with Crippen LogP contribution in [0.4, 0.5) is 5.69 Å². The van der Waals surface area contributed by atoms with E-state index < -0.39 is 28.5 Å². The van der Waals surface area contributed by atoms with Gasteiger partial charge in [-0.2, -0.15) is 0 Å². The van der Waals surface area contributed by atoms with Crippen molar-refractivity contribution < 1.29 is 18.0 Å². The van der Waals surface area contributed by atoms with Gasteiger partial charge in [-0.05, 0) is 67.3 Å². The van der Waals surface area contributed by atoms with Gasteiger partial charge in [0, 0.05) is 22.6 Å². The molecule has 1 aliphatic rings. The molecule has 0 heterocycles. The van der Waals surface area contributed by atoms with Gasteiger partial charge in [-0.15, -0.1) is 0 Å². The molecule has 1 saturated carbocycles. The summed E-state index contributed by atoms with van der Waals surface area (Å²) in [6, 6.07) is 18.4. The second-order valence-electron chi connectivity index (χ2n) is 10.3. The molecule has 0 radical (unpaired) electrons. The number of carbonyl (C=O) groups excluding carboxylic acids is 2. The average Bonchev–Trinajstić information content (AvgIpc) is 2.98. The standard InChI is InChI=1S/C31H34Cl3N3O4S/c1-2-28(31(39)35-25-9-5-3-6-10-25)36(20-22-13-15-23(32)16-14-22)30(38)21-37(29-18-17-24(33)19-27(29)34)42(40,41)26-11-7-4-8-12-26/h4,7-8,11-19,25,28H,2-3,5-6,9-10,20-21H2,1H3,(H,35,39)/t28-/m0/s1. The van der Waals surface area contributed by atoms with Crippen molar-refractivity contribution in [3.63, 3.8) is 0 Å². The molecular weight excluding hydrogens is 617 g/mol. The van der Waals surface area contributed by atoms with E-state index in [2.05, 4.69) is 5.32 Å². The Labute approximate surface area is 262 Å². The van der Waals surface area contributed by atoms with Gasteiger partial charge >= 0.3 is 0 Å². The van der Waals surface area contributed by atoms with Gasteiger partial charge in [-0.1, -0.05) is 91.3 Å². The van der Waals surface area contributed by atoms with Crippen LogP contribution in [0.5, 0.6) is 0 Å². The Morgan fingerprint density at radius 3 is 2.17 bits per heavy atom. The lowest BCUT2D eigenvalue weighted by Crippen LogP contribution is -2.54. The van der Waals surface area contributed by atoms with Crippen LogP contribution in [-0.4, -0.2) is 43.8 Å². The molecule has 0 bridgehead atoms. The van der Waals surface area contributed by atoms with Gasteiger partial charge in [-0.25, -0.2) is 8.42 Å². The minimum Gasteiger partial charge on any atom is -0.352 e. The molecule has 224 valence electrons. The van der Waals surface area contributed by atoms with Gasteiger partial charge in [0.25, 0.3) is 10.0 Å². The van der Waals surface area contributed by atoms with Crippen molar-refractivity contribution in [3.8, 4) is 0 Å². The fourth-order valence-corrected chi connectivity index (χ4v) is 7.31. The third kappa shape index (κ3) is 7.98. The second kappa shape index (κ2) is 14.6. The zero-order valence-corrected chi connectivity index (χ0v) is 26.4. The summed E-state index contributed by atoms with van der Waals surface area (Å²) in [5, 5.41) is 4.06. The highest BCUT2D eigenvalue weighted by Gasteiger charge is 2.35. The highest BCUT2D eigenvalue weighted by molar-refractivity contribution is 7.92. The maximum atomic E-state index is 14.2.